The van der Waals surface area contributed by atoms with Crippen molar-refractivity contribution in [3.63, 3.8) is 0 Å². The van der Waals surface area contributed by atoms with Crippen LogP contribution in [0, 0.1) is 159 Å². The highest BCUT2D eigenvalue weighted by Crippen LogP contribution is 2.47. The van der Waals surface area contributed by atoms with Crippen molar-refractivity contribution >= 4 is 43.6 Å². The van der Waals surface area contributed by atoms with Crippen molar-refractivity contribution in [2.24, 2.45) is 0 Å². The van der Waals surface area contributed by atoms with Crippen molar-refractivity contribution < 1.29 is 13.2 Å². The Balaban J connectivity index is 1.14. The molecule has 0 bridgehead atoms. The molecule has 16 nitrogen and oxygen atoms in total. The molecule has 2 aromatic heterocycles. The van der Waals surface area contributed by atoms with Crippen molar-refractivity contribution in [3.05, 3.63) is 259 Å². The molecule has 0 saturated heterocycles. The Morgan fingerprint density at radius 2 is 0.560 bits per heavy atom. The van der Waals surface area contributed by atoms with E-state index in [1.54, 1.807) is 102 Å². The van der Waals surface area contributed by atoms with E-state index in [1.807, 2.05) is 28.8 Å². The van der Waals surface area contributed by atoms with Gasteiger partial charge in [0.1, 0.15) is 0 Å². The van der Waals surface area contributed by atoms with E-state index in [1.165, 1.54) is 78.9 Å². The number of nitrogens with zero attached hydrogens (tertiary/aromatic N) is 16. The van der Waals surface area contributed by atoms with Crippen LogP contribution >= 0.6 is 0 Å². The van der Waals surface area contributed by atoms with E-state index >= 15 is 13.2 Å². The maximum absolute atomic E-state index is 15.4. The average Bonchev–Trinajstić information content (AvgIpc) is 1.56. The molecule has 0 N–H and O–H groups in total. The molecule has 13 rings (SSSR count). The fraction of sp³-hybridized carbons (Fsp3) is 0.0123. The molecule has 0 unspecified atom stereocenters. The van der Waals surface area contributed by atoms with Crippen LogP contribution in [0.3, 0.4) is 0 Å². The van der Waals surface area contributed by atoms with Crippen LogP contribution in [-0.4, -0.2) is 9.13 Å². The van der Waals surface area contributed by atoms with Gasteiger partial charge in [0.2, 0.25) is 0 Å². The number of hydrogen-bond acceptors (Lipinski definition) is 14. The lowest BCUT2D eigenvalue weighted by molar-refractivity contribution is -0.137. The van der Waals surface area contributed by atoms with E-state index in [4.69, 9.17) is 0 Å². The maximum atomic E-state index is 15.4. The number of benzene rings is 11. The van der Waals surface area contributed by atoms with Crippen molar-refractivity contribution in [2.45, 2.75) is 6.18 Å². The summed E-state index contributed by atoms with van der Waals surface area (Å²) in [7, 11) is 0. The quantitative estimate of drug-likeness (QED) is 0.136. The predicted molar refractivity (Wildman–Crippen MR) is 359 cm³/mol. The topological polar surface area (TPSA) is 343 Å². The maximum Gasteiger partial charge on any atom is 0.417 e. The van der Waals surface area contributed by atoms with Gasteiger partial charge in [-0.2, -0.15) is 86.8 Å². The summed E-state index contributed by atoms with van der Waals surface area (Å²) in [5, 5.41) is 147. The minimum Gasteiger partial charge on any atom is -0.309 e. The second-order valence-electron chi connectivity index (χ2n) is 22.7. The smallest absolute Gasteiger partial charge is 0.309 e. The lowest BCUT2D eigenvalue weighted by atomic mass is 9.91. The van der Waals surface area contributed by atoms with Crippen LogP contribution in [0.5, 0.6) is 0 Å². The molecular weight excluding hydrogens is 1250 g/mol. The van der Waals surface area contributed by atoms with Gasteiger partial charge in [0, 0.05) is 60.6 Å². The van der Waals surface area contributed by atoms with Crippen LogP contribution in [0.4, 0.5) is 13.2 Å². The van der Waals surface area contributed by atoms with Crippen LogP contribution in [0.2, 0.25) is 0 Å². The van der Waals surface area contributed by atoms with Crippen LogP contribution < -0.4 is 0 Å². The molecule has 0 radical (unpaired) electrons. The highest BCUT2D eigenvalue weighted by Gasteiger charge is 2.35. The van der Waals surface area contributed by atoms with Crippen LogP contribution in [-0.2, 0) is 6.18 Å². The Morgan fingerprint density at radius 1 is 0.240 bits per heavy atom. The van der Waals surface area contributed by atoms with Gasteiger partial charge >= 0.3 is 6.18 Å². The zero-order chi connectivity index (χ0) is 70.4. The predicted octanol–water partition coefficient (Wildman–Crippen LogP) is 17.1. The Hall–Kier alpha value is -16.3. The van der Waals surface area contributed by atoms with Crippen molar-refractivity contribution in [1.82, 2.24) is 9.13 Å². The van der Waals surface area contributed by atoms with E-state index in [2.05, 4.69) is 54.6 Å². The summed E-state index contributed by atoms with van der Waals surface area (Å²) >= 11 is 0. The summed E-state index contributed by atoms with van der Waals surface area (Å²) in [6, 6.07) is 72.8. The highest BCUT2D eigenvalue weighted by atomic mass is 19.4. The van der Waals surface area contributed by atoms with E-state index in [0.717, 1.165) is 6.07 Å². The Labute approximate surface area is 565 Å². The molecule has 0 saturated carbocycles. The van der Waals surface area contributed by atoms with Crippen LogP contribution in [0.25, 0.3) is 122 Å². The first-order chi connectivity index (χ1) is 48.5. The van der Waals surface area contributed by atoms with Gasteiger partial charge in [-0.25, -0.2) is 0 Å². The molecule has 454 valence electrons. The van der Waals surface area contributed by atoms with Crippen LogP contribution in [0.1, 0.15) is 83.5 Å². The minimum absolute atomic E-state index is 0.00128. The van der Waals surface area contributed by atoms with E-state index in [0.29, 0.717) is 71.6 Å². The SMILES string of the molecule is N#Cc1cc(C#N)c(-c2ccc3c(c2)c2cc(-c4c(C#N)cc(C#N)cc4C#N)ccc2n3-c2ccc(C#N)c(-c3cc(-c4ccc(C#N)cc4C(F)(F)F)ccc3-n3c4ccc(-c5c(C#N)cc(C#N)cc5C#N)cc4c4cc(-c5c(C#N)cc(C#N)cc5C#N)ccc43)c2)c(C#N)c1. The molecule has 11 aromatic carbocycles. The Kier molecular flexibility index (Phi) is 15.4. The molecule has 2 heterocycles. The second kappa shape index (κ2) is 24.6. The summed E-state index contributed by atoms with van der Waals surface area (Å²) in [5.74, 6) is 0. The summed E-state index contributed by atoms with van der Waals surface area (Å²) in [6.45, 7) is 0. The largest absolute Gasteiger partial charge is 0.417 e. The third-order valence-electron chi connectivity index (χ3n) is 17.4. The number of rotatable bonds is 8. The normalized spacial score (nSPS) is 10.6. The second-order valence-corrected chi connectivity index (χ2v) is 22.7. The number of fused-ring (bicyclic) bond motifs is 6. The average molecular weight is 1280 g/mol. The minimum atomic E-state index is -4.99. The molecule has 19 heteroatoms. The number of nitriles is 14. The van der Waals surface area contributed by atoms with Gasteiger partial charge < -0.3 is 9.13 Å². The van der Waals surface area contributed by atoms with Crippen molar-refractivity contribution in [3.8, 4) is 163 Å². The van der Waals surface area contributed by atoms with Gasteiger partial charge in [-0.05, 0) is 173 Å². The molecule has 0 atom stereocenters. The molecule has 0 spiro atoms. The summed E-state index contributed by atoms with van der Waals surface area (Å²) in [5.41, 5.74) is 3.73. The lowest BCUT2D eigenvalue weighted by Crippen LogP contribution is -2.08. The first kappa shape index (κ1) is 62.5. The Morgan fingerprint density at radius 3 is 0.870 bits per heavy atom. The van der Waals surface area contributed by atoms with Gasteiger partial charge in [0.05, 0.1) is 196 Å². The number of halogens is 3. The first-order valence-corrected chi connectivity index (χ1v) is 29.6. The van der Waals surface area contributed by atoms with Gasteiger partial charge in [-0.15, -0.1) is 0 Å². The molecule has 0 aliphatic rings. The Bertz CT molecular complexity index is 6150. The van der Waals surface area contributed by atoms with Gasteiger partial charge in [0.15, 0.2) is 0 Å². The lowest BCUT2D eigenvalue weighted by Gasteiger charge is -2.20. The molecule has 0 aliphatic heterocycles. The summed E-state index contributed by atoms with van der Waals surface area (Å²) in [4.78, 5) is 0. The van der Waals surface area contributed by atoms with Gasteiger partial charge in [-0.3, -0.25) is 0 Å². The number of alkyl halides is 3. The molecule has 0 amide bonds. The molecule has 0 fully saturated rings. The zero-order valence-electron chi connectivity index (χ0n) is 51.0. The summed E-state index contributed by atoms with van der Waals surface area (Å²) < 4.78 is 49.8. The van der Waals surface area contributed by atoms with Crippen molar-refractivity contribution in [2.75, 3.05) is 0 Å². The van der Waals surface area contributed by atoms with Crippen LogP contribution in [0.15, 0.2) is 176 Å². The molecule has 13 aromatic rings. The zero-order valence-corrected chi connectivity index (χ0v) is 51.0. The standard InChI is InChI=1S/C81H29F3N16/c82-81(83,84)71-23-44(30-85)1-9-64(71)49-3-10-74(100-75-13-6-52(79-59(40-95)19-47(33-88)20-60(79)41-96)27-69(75)70-28-53(7-14-76(70)100)80-61(42-97)21-48(34-89)22-62(80)43-98)66(24-49)65-29-63(8-2-54(65)35-90)99-72-11-4-50(77-55(36-91)15-45(31-86)16-56(77)37-92)25-67(72)68-26-51(5-12-73(68)99)78-57(38-93)17-46(32-87)18-58(78)39-94/h1-29H. The third kappa shape index (κ3) is 10.2. The molecule has 100 heavy (non-hydrogen) atoms. The molecular formula is C81H29F3N16. The monoisotopic (exact) mass is 1280 g/mol. The first-order valence-electron chi connectivity index (χ1n) is 29.6. The van der Waals surface area contributed by atoms with Gasteiger partial charge in [0.25, 0.3) is 0 Å². The fourth-order valence-electron chi connectivity index (χ4n) is 13.2. The summed E-state index contributed by atoms with van der Waals surface area (Å²) in [6.07, 6.45) is -4.99. The van der Waals surface area contributed by atoms with Crippen molar-refractivity contribution in [1.29, 1.82) is 73.7 Å². The highest BCUT2D eigenvalue weighted by molar-refractivity contribution is 6.14. The van der Waals surface area contributed by atoms with E-state index in [9.17, 15) is 73.7 Å². The van der Waals surface area contributed by atoms with E-state index in [-0.39, 0.29) is 128 Å². The van der Waals surface area contributed by atoms with E-state index < -0.39 is 11.7 Å². The number of hydrogen-bond donors (Lipinski definition) is 0. The fourth-order valence-corrected chi connectivity index (χ4v) is 13.2. The van der Waals surface area contributed by atoms with Gasteiger partial charge in [-0.1, -0.05) is 36.4 Å². The molecule has 0 aliphatic carbocycles. The third-order valence-corrected chi connectivity index (χ3v) is 17.4. The number of aromatic nitrogens is 2.